The summed E-state index contributed by atoms with van der Waals surface area (Å²) >= 11 is 9.28. The lowest BCUT2D eigenvalue weighted by atomic mass is 10.1. The van der Waals surface area contributed by atoms with Crippen LogP contribution in [0.1, 0.15) is 11.1 Å². The molecule has 0 radical (unpaired) electrons. The molecule has 20 heavy (non-hydrogen) atoms. The molecule has 0 amide bonds. The molecule has 1 aromatic heterocycles. The maximum Gasteiger partial charge on any atom is 0.224 e. The fourth-order valence-corrected chi connectivity index (χ4v) is 2.85. The molecular weight excluding hydrogens is 344 g/mol. The first-order valence-electron chi connectivity index (χ1n) is 6.09. The standard InChI is InChI=1S/C13H12BrClN4O/c14-9-3-7-1-2-20-11(7)8(4-9)5-17-12-10(16)6-18-13(15)19-12/h3-4,6H,1-2,5,16H2,(H,17,18,19). The fourth-order valence-electron chi connectivity index (χ4n) is 2.17. The van der Waals surface area contributed by atoms with Gasteiger partial charge in [0.1, 0.15) is 5.75 Å². The van der Waals surface area contributed by atoms with Crippen LogP contribution in [0.5, 0.6) is 5.75 Å². The molecule has 7 heteroatoms. The number of nitrogens with two attached hydrogens (primary N) is 1. The quantitative estimate of drug-likeness (QED) is 0.828. The Balaban J connectivity index is 1.84. The summed E-state index contributed by atoms with van der Waals surface area (Å²) in [5.74, 6) is 1.47. The normalized spacial score (nSPS) is 12.9. The SMILES string of the molecule is Nc1cnc(Cl)nc1NCc1cc(Br)cc2c1OCC2. The molecule has 0 bridgehead atoms. The maximum atomic E-state index is 5.81. The number of halogens is 2. The lowest BCUT2D eigenvalue weighted by Gasteiger charge is -2.12. The van der Waals surface area contributed by atoms with Crippen LogP contribution in [-0.2, 0) is 13.0 Å². The van der Waals surface area contributed by atoms with Gasteiger partial charge in [-0.2, -0.15) is 4.98 Å². The van der Waals surface area contributed by atoms with Crippen molar-refractivity contribution >= 4 is 39.0 Å². The number of benzene rings is 1. The molecule has 3 N–H and O–H groups in total. The van der Waals surface area contributed by atoms with Crippen LogP contribution < -0.4 is 15.8 Å². The van der Waals surface area contributed by atoms with Crippen LogP contribution in [0.2, 0.25) is 5.28 Å². The smallest absolute Gasteiger partial charge is 0.224 e. The molecule has 1 aliphatic rings. The maximum absolute atomic E-state index is 5.81. The summed E-state index contributed by atoms with van der Waals surface area (Å²) in [6.45, 7) is 1.28. The summed E-state index contributed by atoms with van der Waals surface area (Å²) in [4.78, 5) is 7.89. The molecule has 0 saturated heterocycles. The number of anilines is 2. The van der Waals surface area contributed by atoms with Crippen molar-refractivity contribution in [2.24, 2.45) is 0 Å². The van der Waals surface area contributed by atoms with Gasteiger partial charge in [-0.1, -0.05) is 15.9 Å². The molecule has 0 spiro atoms. The van der Waals surface area contributed by atoms with Gasteiger partial charge in [-0.05, 0) is 29.3 Å². The first-order valence-corrected chi connectivity index (χ1v) is 7.26. The van der Waals surface area contributed by atoms with Gasteiger partial charge in [0.15, 0.2) is 5.82 Å². The van der Waals surface area contributed by atoms with E-state index < -0.39 is 0 Å². The third-order valence-corrected chi connectivity index (χ3v) is 3.70. The van der Waals surface area contributed by atoms with Gasteiger partial charge in [0.25, 0.3) is 0 Å². The fraction of sp³-hybridized carbons (Fsp3) is 0.231. The third kappa shape index (κ3) is 2.66. The van der Waals surface area contributed by atoms with Crippen molar-refractivity contribution in [2.75, 3.05) is 17.7 Å². The molecule has 1 aromatic carbocycles. The molecular formula is C13H12BrClN4O. The Bertz CT molecular complexity index is 665. The van der Waals surface area contributed by atoms with Gasteiger partial charge in [-0.15, -0.1) is 0 Å². The van der Waals surface area contributed by atoms with Gasteiger partial charge in [-0.25, -0.2) is 4.98 Å². The second kappa shape index (κ2) is 5.46. The highest BCUT2D eigenvalue weighted by Gasteiger charge is 2.17. The van der Waals surface area contributed by atoms with Crippen molar-refractivity contribution in [1.29, 1.82) is 0 Å². The summed E-state index contributed by atoms with van der Waals surface area (Å²) in [6.07, 6.45) is 2.42. The zero-order valence-corrected chi connectivity index (χ0v) is 12.8. The summed E-state index contributed by atoms with van der Waals surface area (Å²) in [6, 6.07) is 4.11. The van der Waals surface area contributed by atoms with Crippen molar-refractivity contribution in [3.05, 3.63) is 39.2 Å². The van der Waals surface area contributed by atoms with Gasteiger partial charge in [0.05, 0.1) is 18.5 Å². The molecule has 0 unspecified atom stereocenters. The molecule has 3 rings (SSSR count). The Labute approximate surface area is 129 Å². The first kappa shape index (κ1) is 13.5. The number of hydrogen-bond acceptors (Lipinski definition) is 5. The molecule has 1 aliphatic heterocycles. The molecule has 0 aliphatic carbocycles. The molecule has 2 heterocycles. The molecule has 0 saturated carbocycles. The number of nitrogens with one attached hydrogen (secondary N) is 1. The van der Waals surface area contributed by atoms with E-state index in [0.29, 0.717) is 18.1 Å². The largest absolute Gasteiger partial charge is 0.493 e. The van der Waals surface area contributed by atoms with Gasteiger partial charge >= 0.3 is 0 Å². The topological polar surface area (TPSA) is 73.1 Å². The average molecular weight is 356 g/mol. The lowest BCUT2D eigenvalue weighted by Crippen LogP contribution is -2.06. The van der Waals surface area contributed by atoms with Crippen LogP contribution in [-0.4, -0.2) is 16.6 Å². The predicted molar refractivity (Wildman–Crippen MR) is 82.1 cm³/mol. The second-order valence-electron chi connectivity index (χ2n) is 4.45. The second-order valence-corrected chi connectivity index (χ2v) is 5.70. The van der Waals surface area contributed by atoms with Crippen LogP contribution >= 0.6 is 27.5 Å². The van der Waals surface area contributed by atoms with Crippen molar-refractivity contribution in [3.8, 4) is 5.75 Å². The highest BCUT2D eigenvalue weighted by Crippen LogP contribution is 2.33. The Morgan fingerprint density at radius 2 is 2.30 bits per heavy atom. The van der Waals surface area contributed by atoms with Crippen molar-refractivity contribution in [2.45, 2.75) is 13.0 Å². The molecule has 104 valence electrons. The molecule has 0 atom stereocenters. The van der Waals surface area contributed by atoms with Gasteiger partial charge in [-0.3, -0.25) is 0 Å². The number of fused-ring (bicyclic) bond motifs is 1. The van der Waals surface area contributed by atoms with E-state index in [4.69, 9.17) is 22.1 Å². The summed E-state index contributed by atoms with van der Waals surface area (Å²) in [5.41, 5.74) is 8.54. The minimum Gasteiger partial charge on any atom is -0.493 e. The molecule has 2 aromatic rings. The van der Waals surface area contributed by atoms with Crippen LogP contribution in [0, 0.1) is 0 Å². The minimum atomic E-state index is 0.164. The van der Waals surface area contributed by atoms with E-state index in [0.717, 1.165) is 28.8 Å². The van der Waals surface area contributed by atoms with Crippen molar-refractivity contribution in [1.82, 2.24) is 9.97 Å². The van der Waals surface area contributed by atoms with Gasteiger partial charge in [0, 0.05) is 23.0 Å². The Morgan fingerprint density at radius 1 is 1.45 bits per heavy atom. The zero-order chi connectivity index (χ0) is 14.1. The van der Waals surface area contributed by atoms with E-state index in [1.54, 1.807) is 0 Å². The lowest BCUT2D eigenvalue weighted by molar-refractivity contribution is 0.354. The first-order chi connectivity index (χ1) is 9.63. The van der Waals surface area contributed by atoms with E-state index in [1.807, 2.05) is 6.07 Å². The number of hydrogen-bond donors (Lipinski definition) is 2. The number of nitrogen functional groups attached to an aromatic ring is 1. The van der Waals surface area contributed by atoms with E-state index >= 15 is 0 Å². The predicted octanol–water partition coefficient (Wildman–Crippen LogP) is 3.02. The van der Waals surface area contributed by atoms with Crippen LogP contribution in [0.15, 0.2) is 22.8 Å². The van der Waals surface area contributed by atoms with Gasteiger partial charge < -0.3 is 15.8 Å². The zero-order valence-electron chi connectivity index (χ0n) is 10.5. The summed E-state index contributed by atoms with van der Waals surface area (Å²) in [5, 5.41) is 3.33. The van der Waals surface area contributed by atoms with Crippen LogP contribution in [0.3, 0.4) is 0 Å². The number of rotatable bonds is 3. The third-order valence-electron chi connectivity index (χ3n) is 3.06. The van der Waals surface area contributed by atoms with Crippen LogP contribution in [0.4, 0.5) is 11.5 Å². The average Bonchev–Trinajstić information content (AvgIpc) is 2.87. The van der Waals surface area contributed by atoms with E-state index in [2.05, 4.69) is 37.3 Å². The molecule has 0 fully saturated rings. The monoisotopic (exact) mass is 354 g/mol. The Morgan fingerprint density at radius 3 is 3.15 bits per heavy atom. The summed E-state index contributed by atoms with van der Waals surface area (Å²) in [7, 11) is 0. The Kier molecular flexibility index (Phi) is 3.67. The number of aromatic nitrogens is 2. The highest BCUT2D eigenvalue weighted by molar-refractivity contribution is 9.10. The van der Waals surface area contributed by atoms with Crippen molar-refractivity contribution < 1.29 is 4.74 Å². The summed E-state index contributed by atoms with van der Waals surface area (Å²) < 4.78 is 6.71. The number of nitrogens with zero attached hydrogens (tertiary/aromatic N) is 2. The van der Waals surface area contributed by atoms with E-state index in [-0.39, 0.29) is 5.28 Å². The van der Waals surface area contributed by atoms with Crippen LogP contribution in [0.25, 0.3) is 0 Å². The van der Waals surface area contributed by atoms with Gasteiger partial charge in [0.2, 0.25) is 5.28 Å². The van der Waals surface area contributed by atoms with E-state index in [9.17, 15) is 0 Å². The number of ether oxygens (including phenoxy) is 1. The highest BCUT2D eigenvalue weighted by atomic mass is 79.9. The van der Waals surface area contributed by atoms with E-state index in [1.165, 1.54) is 11.8 Å². The molecule has 5 nitrogen and oxygen atoms in total. The Hall–Kier alpha value is -1.53. The minimum absolute atomic E-state index is 0.164. The van der Waals surface area contributed by atoms with Crippen molar-refractivity contribution in [3.63, 3.8) is 0 Å².